The van der Waals surface area contributed by atoms with Crippen molar-refractivity contribution in [1.82, 2.24) is 13.7 Å². The van der Waals surface area contributed by atoms with Crippen LogP contribution in [0, 0.1) is 0 Å². The number of aryl methyl sites for hydroxylation is 1. The highest BCUT2D eigenvalue weighted by Crippen LogP contribution is 2.34. The maximum absolute atomic E-state index is 13.0. The minimum Gasteiger partial charge on any atom is -0.394 e. The molecule has 1 N–H and O–H groups in total. The molecule has 0 atom stereocenters. The lowest BCUT2D eigenvalue weighted by Crippen LogP contribution is -2.36. The van der Waals surface area contributed by atoms with Crippen LogP contribution in [0.1, 0.15) is 40.2 Å². The number of nitrogens with zero attached hydrogens (tertiary/aromatic N) is 3. The predicted octanol–water partition coefficient (Wildman–Crippen LogP) is 2.73. The molecular weight excluding hydrogens is 354 g/mol. The van der Waals surface area contributed by atoms with Gasteiger partial charge in [0, 0.05) is 20.3 Å². The van der Waals surface area contributed by atoms with E-state index in [9.17, 15) is 14.7 Å². The minimum atomic E-state index is -0.641. The lowest BCUT2D eigenvalue weighted by atomic mass is 9.86. The molecule has 0 aliphatic rings. The van der Waals surface area contributed by atoms with Gasteiger partial charge in [-0.25, -0.2) is 4.79 Å². The number of aromatic nitrogens is 3. The Morgan fingerprint density at radius 1 is 0.929 bits per heavy atom. The first-order valence-corrected chi connectivity index (χ1v) is 9.43. The van der Waals surface area contributed by atoms with E-state index in [-0.39, 0.29) is 23.3 Å². The van der Waals surface area contributed by atoms with Gasteiger partial charge in [-0.05, 0) is 30.4 Å². The molecule has 0 saturated carbocycles. The van der Waals surface area contributed by atoms with Gasteiger partial charge >= 0.3 is 5.69 Å². The molecule has 0 fully saturated rings. The Bertz CT molecular complexity index is 1150. The molecule has 1 aromatic carbocycles. The van der Waals surface area contributed by atoms with E-state index in [0.29, 0.717) is 16.6 Å². The molecule has 0 aliphatic heterocycles. The van der Waals surface area contributed by atoms with Gasteiger partial charge in [0.2, 0.25) is 0 Å². The van der Waals surface area contributed by atoms with Crippen LogP contribution >= 0.6 is 0 Å². The summed E-state index contributed by atoms with van der Waals surface area (Å²) < 4.78 is 4.52. The van der Waals surface area contributed by atoms with Gasteiger partial charge in [0.25, 0.3) is 5.56 Å². The second-order valence-electron chi connectivity index (χ2n) is 9.11. The van der Waals surface area contributed by atoms with Crippen LogP contribution in [0.2, 0.25) is 0 Å². The molecule has 0 spiro atoms. The van der Waals surface area contributed by atoms with Crippen molar-refractivity contribution in [3.8, 4) is 11.3 Å². The smallest absolute Gasteiger partial charge is 0.330 e. The van der Waals surface area contributed by atoms with E-state index >= 15 is 0 Å². The number of rotatable bonds is 3. The van der Waals surface area contributed by atoms with Crippen LogP contribution in [0.3, 0.4) is 0 Å². The van der Waals surface area contributed by atoms with Crippen molar-refractivity contribution in [1.29, 1.82) is 0 Å². The second kappa shape index (κ2) is 6.48. The molecule has 0 saturated heterocycles. The summed E-state index contributed by atoms with van der Waals surface area (Å²) in [6, 6.07) is 8.14. The molecule has 0 bridgehead atoms. The average Bonchev–Trinajstić information content (AvgIpc) is 3.05. The molecule has 0 unspecified atom stereocenters. The Labute approximate surface area is 164 Å². The summed E-state index contributed by atoms with van der Waals surface area (Å²) in [4.78, 5) is 25.4. The quantitative estimate of drug-likeness (QED) is 0.756. The molecule has 0 amide bonds. The molecule has 150 valence electrons. The highest BCUT2D eigenvalue weighted by molar-refractivity contribution is 5.94. The topological polar surface area (TPSA) is 69.2 Å². The first-order chi connectivity index (χ1) is 12.9. The SMILES string of the molecule is Cn1c(=O)c2c(-c3ccc(C(C)(C)C)cc3)n(C(C)(C)CO)cc2n(C)c1=O. The Balaban J connectivity index is 2.45. The summed E-state index contributed by atoms with van der Waals surface area (Å²) in [6.07, 6.45) is 1.79. The van der Waals surface area contributed by atoms with E-state index in [0.717, 1.165) is 10.1 Å². The molecule has 0 radical (unpaired) electrons. The van der Waals surface area contributed by atoms with E-state index in [1.165, 1.54) is 17.2 Å². The Morgan fingerprint density at radius 3 is 2.00 bits per heavy atom. The van der Waals surface area contributed by atoms with Gasteiger partial charge in [-0.3, -0.25) is 13.9 Å². The molecule has 6 nitrogen and oxygen atoms in total. The van der Waals surface area contributed by atoms with Crippen molar-refractivity contribution in [2.75, 3.05) is 6.61 Å². The fourth-order valence-electron chi connectivity index (χ4n) is 3.51. The predicted molar refractivity (Wildman–Crippen MR) is 113 cm³/mol. The van der Waals surface area contributed by atoms with Gasteiger partial charge in [0.15, 0.2) is 0 Å². The fourth-order valence-corrected chi connectivity index (χ4v) is 3.51. The van der Waals surface area contributed by atoms with Crippen molar-refractivity contribution in [2.45, 2.75) is 45.6 Å². The molecule has 28 heavy (non-hydrogen) atoms. The van der Waals surface area contributed by atoms with Crippen LogP contribution in [-0.4, -0.2) is 25.4 Å². The summed E-state index contributed by atoms with van der Waals surface area (Å²) in [5, 5.41) is 10.5. The van der Waals surface area contributed by atoms with E-state index in [4.69, 9.17) is 0 Å². The maximum Gasteiger partial charge on any atom is 0.330 e. The molecule has 0 aliphatic carbocycles. The number of aliphatic hydroxyl groups excluding tert-OH is 1. The summed E-state index contributed by atoms with van der Waals surface area (Å²) in [7, 11) is 3.15. The second-order valence-corrected chi connectivity index (χ2v) is 9.11. The van der Waals surface area contributed by atoms with Gasteiger partial charge in [-0.15, -0.1) is 0 Å². The number of benzene rings is 1. The maximum atomic E-state index is 13.0. The van der Waals surface area contributed by atoms with Crippen LogP contribution in [0.5, 0.6) is 0 Å². The van der Waals surface area contributed by atoms with Gasteiger partial charge in [0.05, 0.1) is 28.7 Å². The number of hydrogen-bond acceptors (Lipinski definition) is 3. The van der Waals surface area contributed by atoms with E-state index < -0.39 is 5.54 Å². The van der Waals surface area contributed by atoms with Crippen LogP contribution in [0.4, 0.5) is 0 Å². The highest BCUT2D eigenvalue weighted by Gasteiger charge is 2.27. The lowest BCUT2D eigenvalue weighted by Gasteiger charge is -2.27. The van der Waals surface area contributed by atoms with Gasteiger partial charge < -0.3 is 9.67 Å². The Morgan fingerprint density at radius 2 is 1.50 bits per heavy atom. The third-order valence-corrected chi connectivity index (χ3v) is 5.50. The summed E-state index contributed by atoms with van der Waals surface area (Å²) >= 11 is 0. The average molecular weight is 383 g/mol. The Hall–Kier alpha value is -2.60. The first-order valence-electron chi connectivity index (χ1n) is 9.43. The zero-order chi connectivity index (χ0) is 21.0. The molecule has 2 heterocycles. The minimum absolute atomic E-state index is 0.0208. The summed E-state index contributed by atoms with van der Waals surface area (Å²) in [5.41, 5.74) is 2.02. The standard InChI is InChI=1S/C22H29N3O3/c1-21(2,3)15-10-8-14(9-11-15)18-17-16(12-25(18)22(4,5)13-26)23(6)20(28)24(7)19(17)27/h8-12,26H,13H2,1-7H3. The lowest BCUT2D eigenvalue weighted by molar-refractivity contribution is 0.166. The molecular formula is C22H29N3O3. The summed E-state index contributed by atoms with van der Waals surface area (Å²) in [6.45, 7) is 10.2. The molecule has 2 aromatic heterocycles. The monoisotopic (exact) mass is 383 g/mol. The van der Waals surface area contributed by atoms with Crippen molar-refractivity contribution in [3.05, 3.63) is 56.9 Å². The first kappa shape index (κ1) is 20.1. The van der Waals surface area contributed by atoms with Gasteiger partial charge in [-0.1, -0.05) is 45.0 Å². The van der Waals surface area contributed by atoms with E-state index in [1.807, 2.05) is 30.5 Å². The van der Waals surface area contributed by atoms with Crippen LogP contribution < -0.4 is 11.2 Å². The number of fused-ring (bicyclic) bond motifs is 1. The van der Waals surface area contributed by atoms with Gasteiger partial charge in [-0.2, -0.15) is 0 Å². The van der Waals surface area contributed by atoms with Crippen molar-refractivity contribution in [3.63, 3.8) is 0 Å². The summed E-state index contributed by atoms with van der Waals surface area (Å²) in [5.74, 6) is 0. The number of hydrogen-bond donors (Lipinski definition) is 1. The van der Waals surface area contributed by atoms with Crippen LogP contribution in [-0.2, 0) is 25.0 Å². The normalized spacial score (nSPS) is 12.7. The third kappa shape index (κ3) is 3.02. The zero-order valence-corrected chi connectivity index (χ0v) is 17.7. The van der Waals surface area contributed by atoms with Crippen molar-refractivity contribution >= 4 is 10.9 Å². The molecule has 3 aromatic rings. The molecule has 3 rings (SSSR count). The third-order valence-electron chi connectivity index (χ3n) is 5.50. The van der Waals surface area contributed by atoms with Crippen LogP contribution in [0.25, 0.3) is 22.2 Å². The van der Waals surface area contributed by atoms with E-state index in [2.05, 4.69) is 32.9 Å². The fraction of sp³-hybridized carbons (Fsp3) is 0.455. The van der Waals surface area contributed by atoms with Crippen molar-refractivity contribution in [2.24, 2.45) is 14.1 Å². The largest absolute Gasteiger partial charge is 0.394 e. The number of aliphatic hydroxyl groups is 1. The zero-order valence-electron chi connectivity index (χ0n) is 17.7. The highest BCUT2D eigenvalue weighted by atomic mass is 16.3. The van der Waals surface area contributed by atoms with Crippen LogP contribution in [0.15, 0.2) is 40.1 Å². The van der Waals surface area contributed by atoms with Crippen molar-refractivity contribution < 1.29 is 5.11 Å². The van der Waals surface area contributed by atoms with Gasteiger partial charge in [0.1, 0.15) is 0 Å². The Kier molecular flexibility index (Phi) is 4.66. The van der Waals surface area contributed by atoms with E-state index in [1.54, 1.807) is 13.2 Å². The molecule has 6 heteroatoms.